The van der Waals surface area contributed by atoms with E-state index in [1.54, 1.807) is 0 Å². The number of allylic oxidation sites excluding steroid dienone is 1. The Kier molecular flexibility index (Phi) is 8.33. The first-order chi connectivity index (χ1) is 27.5. The van der Waals surface area contributed by atoms with Gasteiger partial charge < -0.3 is 4.90 Å². The summed E-state index contributed by atoms with van der Waals surface area (Å²) < 4.78 is 0. The van der Waals surface area contributed by atoms with E-state index in [0.717, 1.165) is 30.6 Å². The molecule has 0 amide bonds. The fourth-order valence-corrected chi connectivity index (χ4v) is 9.46. The molecular weight excluding hydrogens is 675 g/mol. The molecule has 0 N–H and O–H groups in total. The van der Waals surface area contributed by atoms with Gasteiger partial charge in [-0.1, -0.05) is 166 Å². The summed E-state index contributed by atoms with van der Waals surface area (Å²) in [6, 6.07) is 63.3. The van der Waals surface area contributed by atoms with Gasteiger partial charge in [-0.05, 0) is 139 Å². The molecular formula is C55H45N. The molecule has 10 rings (SSSR count). The molecule has 0 atom stereocenters. The minimum absolute atomic E-state index is 0.0974. The number of hydrogen-bond acceptors (Lipinski definition) is 1. The Morgan fingerprint density at radius 2 is 1.18 bits per heavy atom. The lowest BCUT2D eigenvalue weighted by molar-refractivity contribution is 0.660. The average molecular weight is 720 g/mol. The van der Waals surface area contributed by atoms with E-state index in [0.29, 0.717) is 0 Å². The van der Waals surface area contributed by atoms with E-state index in [1.807, 2.05) is 0 Å². The summed E-state index contributed by atoms with van der Waals surface area (Å²) in [5.41, 5.74) is 20.6. The Balaban J connectivity index is 1.16. The van der Waals surface area contributed by atoms with Gasteiger partial charge in [0, 0.05) is 22.5 Å². The fourth-order valence-electron chi connectivity index (χ4n) is 9.46. The van der Waals surface area contributed by atoms with E-state index in [1.165, 1.54) is 88.8 Å². The standard InChI is InChI=1S/C55H45N/c1-4-37-35-43(30-33-47(37)54-46-21-11-9-18-41(46)27-32-51(54)48-23-14-19-40-17-8-10-20-45(40)48)56(42-28-25-39(26-29-42)38-15-6-5-7-16-38)44-31-34-50-49-22-12-13-24-52(49)55(2,3)53(50)36-44/h5-7,9-16,18-36H,4,8,17H2,1-3H3. The van der Waals surface area contributed by atoms with Crippen LogP contribution in [0.15, 0.2) is 176 Å². The highest BCUT2D eigenvalue weighted by atomic mass is 15.1. The molecule has 0 aromatic heterocycles. The van der Waals surface area contributed by atoms with Crippen LogP contribution in [-0.4, -0.2) is 0 Å². The molecule has 270 valence electrons. The summed E-state index contributed by atoms with van der Waals surface area (Å²) in [5, 5.41) is 2.55. The smallest absolute Gasteiger partial charge is 0.0465 e. The van der Waals surface area contributed by atoms with E-state index in [9.17, 15) is 0 Å². The first-order valence-corrected chi connectivity index (χ1v) is 20.1. The van der Waals surface area contributed by atoms with Crippen LogP contribution in [-0.2, 0) is 18.3 Å². The lowest BCUT2D eigenvalue weighted by Gasteiger charge is -2.29. The third-order valence-corrected chi connectivity index (χ3v) is 12.3. The molecule has 0 radical (unpaired) electrons. The number of aryl methyl sites for hydroxylation is 2. The van der Waals surface area contributed by atoms with Gasteiger partial charge in [0.1, 0.15) is 0 Å². The molecule has 0 spiro atoms. The number of fused-ring (bicyclic) bond motifs is 5. The van der Waals surface area contributed by atoms with E-state index in [-0.39, 0.29) is 5.41 Å². The number of nitrogens with zero attached hydrogens (tertiary/aromatic N) is 1. The molecule has 1 nitrogen and oxygen atoms in total. The van der Waals surface area contributed by atoms with Crippen LogP contribution in [0.1, 0.15) is 55.0 Å². The molecule has 2 aliphatic rings. The third kappa shape index (κ3) is 5.61. The van der Waals surface area contributed by atoms with Gasteiger partial charge >= 0.3 is 0 Å². The van der Waals surface area contributed by atoms with Crippen molar-refractivity contribution in [3.63, 3.8) is 0 Å². The average Bonchev–Trinajstić information content (AvgIpc) is 3.49. The van der Waals surface area contributed by atoms with Crippen LogP contribution in [0.3, 0.4) is 0 Å². The molecule has 2 aliphatic carbocycles. The molecule has 0 fully saturated rings. The minimum atomic E-state index is -0.0974. The van der Waals surface area contributed by atoms with Crippen LogP contribution in [0, 0.1) is 0 Å². The molecule has 8 aromatic carbocycles. The quantitative estimate of drug-likeness (QED) is 0.159. The van der Waals surface area contributed by atoms with Crippen molar-refractivity contribution in [2.24, 2.45) is 0 Å². The Labute approximate surface area is 331 Å². The van der Waals surface area contributed by atoms with Crippen LogP contribution < -0.4 is 4.90 Å². The zero-order valence-corrected chi connectivity index (χ0v) is 32.4. The van der Waals surface area contributed by atoms with E-state index in [4.69, 9.17) is 0 Å². The summed E-state index contributed by atoms with van der Waals surface area (Å²) in [5.74, 6) is 0. The third-order valence-electron chi connectivity index (χ3n) is 12.3. The van der Waals surface area contributed by atoms with Crippen molar-refractivity contribution in [1.29, 1.82) is 0 Å². The van der Waals surface area contributed by atoms with Crippen LogP contribution in [0.5, 0.6) is 0 Å². The van der Waals surface area contributed by atoms with Gasteiger partial charge in [-0.3, -0.25) is 0 Å². The van der Waals surface area contributed by atoms with Crippen LogP contribution in [0.25, 0.3) is 61.4 Å². The molecule has 0 saturated heterocycles. The number of benzene rings is 8. The normalized spacial score (nSPS) is 13.6. The molecule has 0 aliphatic heterocycles. The van der Waals surface area contributed by atoms with Gasteiger partial charge in [0.05, 0.1) is 0 Å². The SMILES string of the molecule is CCc1cc(N(c2ccc(-c3ccccc3)cc2)c2ccc3c(c2)C(C)(C)c2ccccc2-3)ccc1-c1c(-c2cccc3c2C=CCC3)ccc2ccccc12. The van der Waals surface area contributed by atoms with E-state index < -0.39 is 0 Å². The minimum Gasteiger partial charge on any atom is -0.310 e. The number of rotatable bonds is 7. The van der Waals surface area contributed by atoms with Crippen LogP contribution >= 0.6 is 0 Å². The highest BCUT2D eigenvalue weighted by molar-refractivity contribution is 6.06. The maximum absolute atomic E-state index is 2.46. The Morgan fingerprint density at radius 1 is 0.518 bits per heavy atom. The summed E-state index contributed by atoms with van der Waals surface area (Å²) in [4.78, 5) is 2.46. The van der Waals surface area contributed by atoms with E-state index >= 15 is 0 Å². The summed E-state index contributed by atoms with van der Waals surface area (Å²) >= 11 is 0. The van der Waals surface area contributed by atoms with Gasteiger partial charge in [-0.2, -0.15) is 0 Å². The zero-order valence-electron chi connectivity index (χ0n) is 32.4. The van der Waals surface area contributed by atoms with Crippen molar-refractivity contribution in [2.75, 3.05) is 4.90 Å². The van der Waals surface area contributed by atoms with Crippen molar-refractivity contribution in [2.45, 2.75) is 45.4 Å². The largest absolute Gasteiger partial charge is 0.310 e. The van der Waals surface area contributed by atoms with Crippen molar-refractivity contribution < 1.29 is 0 Å². The second-order valence-electron chi connectivity index (χ2n) is 15.9. The highest BCUT2D eigenvalue weighted by Crippen LogP contribution is 2.51. The first-order valence-electron chi connectivity index (χ1n) is 20.1. The van der Waals surface area contributed by atoms with Crippen molar-refractivity contribution in [3.8, 4) is 44.5 Å². The van der Waals surface area contributed by atoms with Gasteiger partial charge in [0.15, 0.2) is 0 Å². The summed E-state index contributed by atoms with van der Waals surface area (Å²) in [7, 11) is 0. The van der Waals surface area contributed by atoms with Crippen LogP contribution in [0.2, 0.25) is 0 Å². The number of hydrogen-bond donors (Lipinski definition) is 0. The maximum Gasteiger partial charge on any atom is 0.0465 e. The molecule has 56 heavy (non-hydrogen) atoms. The first kappa shape index (κ1) is 34.1. The predicted molar refractivity (Wildman–Crippen MR) is 239 cm³/mol. The number of anilines is 3. The van der Waals surface area contributed by atoms with Gasteiger partial charge in [-0.15, -0.1) is 0 Å². The molecule has 0 unspecified atom stereocenters. The summed E-state index contributed by atoms with van der Waals surface area (Å²) in [6.07, 6.45) is 7.77. The molecule has 8 aromatic rings. The van der Waals surface area contributed by atoms with Gasteiger partial charge in [0.25, 0.3) is 0 Å². The van der Waals surface area contributed by atoms with E-state index in [2.05, 4.69) is 208 Å². The lowest BCUT2D eigenvalue weighted by atomic mass is 9.82. The van der Waals surface area contributed by atoms with Crippen molar-refractivity contribution in [1.82, 2.24) is 0 Å². The van der Waals surface area contributed by atoms with Crippen LogP contribution in [0.4, 0.5) is 17.1 Å². The molecule has 0 heterocycles. The Bertz CT molecular complexity index is 2800. The molecule has 1 heteroatoms. The predicted octanol–water partition coefficient (Wildman–Crippen LogP) is 15.1. The fraction of sp³-hybridized carbons (Fsp3) is 0.127. The van der Waals surface area contributed by atoms with Gasteiger partial charge in [-0.25, -0.2) is 0 Å². The zero-order chi connectivity index (χ0) is 37.8. The summed E-state index contributed by atoms with van der Waals surface area (Å²) in [6.45, 7) is 7.03. The van der Waals surface area contributed by atoms with Crippen molar-refractivity contribution >= 4 is 33.9 Å². The second-order valence-corrected chi connectivity index (χ2v) is 15.9. The molecule has 0 bridgehead atoms. The van der Waals surface area contributed by atoms with Crippen molar-refractivity contribution in [3.05, 3.63) is 204 Å². The Hall–Kier alpha value is -6.44. The second kappa shape index (κ2) is 13.7. The highest BCUT2D eigenvalue weighted by Gasteiger charge is 2.35. The maximum atomic E-state index is 2.46. The Morgan fingerprint density at radius 3 is 2.02 bits per heavy atom. The lowest BCUT2D eigenvalue weighted by Crippen LogP contribution is -2.16. The monoisotopic (exact) mass is 719 g/mol. The topological polar surface area (TPSA) is 3.24 Å². The molecule has 0 saturated carbocycles. The van der Waals surface area contributed by atoms with Gasteiger partial charge in [0.2, 0.25) is 0 Å².